The van der Waals surface area contributed by atoms with E-state index in [9.17, 15) is 19.2 Å². The van der Waals surface area contributed by atoms with Crippen molar-refractivity contribution >= 4 is 23.6 Å². The third kappa shape index (κ3) is 2.55. The Morgan fingerprint density at radius 1 is 1.08 bits per heavy atom. The number of fused-ring (bicyclic) bond motifs is 1. The molecule has 0 radical (unpaired) electrons. The molecule has 1 saturated heterocycles. The predicted molar refractivity (Wildman–Crippen MR) is 85.6 cm³/mol. The van der Waals surface area contributed by atoms with Crippen LogP contribution in [0.1, 0.15) is 47.4 Å². The second-order valence-electron chi connectivity index (χ2n) is 5.21. The normalized spacial score (nSPS) is 19.9. The number of carbonyl (C=O) groups is 4. The van der Waals surface area contributed by atoms with Gasteiger partial charge < -0.3 is 4.74 Å². The van der Waals surface area contributed by atoms with Crippen LogP contribution in [-0.4, -0.2) is 53.6 Å². The molecule has 128 valence electrons. The molecule has 2 aliphatic heterocycles. The van der Waals surface area contributed by atoms with E-state index >= 15 is 0 Å². The lowest BCUT2D eigenvalue weighted by Gasteiger charge is -2.32. The topological polar surface area (TPSA) is 84.0 Å². The number of hydrogen-bond acceptors (Lipinski definition) is 5. The first kappa shape index (κ1) is 17.7. The smallest absolute Gasteiger partial charge is 0.266 e. The van der Waals surface area contributed by atoms with Gasteiger partial charge in [0.15, 0.2) is 0 Å². The summed E-state index contributed by atoms with van der Waals surface area (Å²) in [7, 11) is 2.77. The van der Waals surface area contributed by atoms with Crippen LogP contribution >= 0.6 is 0 Å². The lowest BCUT2D eigenvalue weighted by molar-refractivity contribution is -0.149. The number of methoxy groups -OCH3 is 1. The SMILES string of the molecule is CC.COc1cccc2c1C(=O)N(C1CCC(=O)N(C)C1=O)C2=O. The largest absolute Gasteiger partial charge is 0.496 e. The molecule has 0 spiro atoms. The Kier molecular flexibility index (Phi) is 5.02. The Balaban J connectivity index is 0.00000100. The van der Waals surface area contributed by atoms with E-state index in [-0.39, 0.29) is 29.9 Å². The maximum Gasteiger partial charge on any atom is 0.266 e. The van der Waals surface area contributed by atoms with Crippen LogP contribution in [0.5, 0.6) is 5.75 Å². The monoisotopic (exact) mass is 332 g/mol. The van der Waals surface area contributed by atoms with Crippen molar-refractivity contribution in [3.63, 3.8) is 0 Å². The minimum Gasteiger partial charge on any atom is -0.496 e. The van der Waals surface area contributed by atoms with Crippen molar-refractivity contribution in [2.75, 3.05) is 14.2 Å². The van der Waals surface area contributed by atoms with E-state index in [0.717, 1.165) is 9.80 Å². The molecule has 1 fully saturated rings. The van der Waals surface area contributed by atoms with Gasteiger partial charge in [-0.2, -0.15) is 0 Å². The number of benzene rings is 1. The van der Waals surface area contributed by atoms with E-state index in [1.165, 1.54) is 20.2 Å². The molecule has 7 nitrogen and oxygen atoms in total. The highest BCUT2D eigenvalue weighted by Crippen LogP contribution is 2.33. The van der Waals surface area contributed by atoms with Gasteiger partial charge in [-0.25, -0.2) is 0 Å². The molecule has 1 unspecified atom stereocenters. The van der Waals surface area contributed by atoms with Gasteiger partial charge in [0.05, 0.1) is 18.2 Å². The highest BCUT2D eigenvalue weighted by molar-refractivity contribution is 6.24. The number of hydrogen-bond donors (Lipinski definition) is 0. The van der Waals surface area contributed by atoms with Crippen molar-refractivity contribution in [3.05, 3.63) is 29.3 Å². The Morgan fingerprint density at radius 2 is 1.75 bits per heavy atom. The van der Waals surface area contributed by atoms with Crippen LogP contribution in [-0.2, 0) is 9.59 Å². The Labute approximate surface area is 140 Å². The van der Waals surface area contributed by atoms with Crippen molar-refractivity contribution < 1.29 is 23.9 Å². The zero-order valence-corrected chi connectivity index (χ0v) is 14.2. The van der Waals surface area contributed by atoms with Crippen LogP contribution in [0.2, 0.25) is 0 Å². The van der Waals surface area contributed by atoms with E-state index in [4.69, 9.17) is 4.74 Å². The van der Waals surface area contributed by atoms with Crippen LogP contribution in [0.25, 0.3) is 0 Å². The second kappa shape index (κ2) is 6.82. The standard InChI is InChI=1S/C15H14N2O5.C2H6/c1-16-11(18)7-6-9(14(16)20)17-13(19)8-4-3-5-10(22-2)12(8)15(17)21;1-2/h3-5,9H,6-7H2,1-2H3;1-2H3. The minimum absolute atomic E-state index is 0.122. The van der Waals surface area contributed by atoms with Gasteiger partial charge in [-0.05, 0) is 18.6 Å². The fraction of sp³-hybridized carbons (Fsp3) is 0.412. The van der Waals surface area contributed by atoms with Gasteiger partial charge in [-0.15, -0.1) is 0 Å². The number of likely N-dealkylation sites (N-methyl/N-ethyl adjacent to an activating group) is 1. The number of rotatable bonds is 2. The van der Waals surface area contributed by atoms with Crippen LogP contribution in [0.15, 0.2) is 18.2 Å². The van der Waals surface area contributed by atoms with Crippen molar-refractivity contribution in [2.24, 2.45) is 0 Å². The molecule has 1 aromatic carbocycles. The van der Waals surface area contributed by atoms with Crippen molar-refractivity contribution in [2.45, 2.75) is 32.7 Å². The zero-order valence-electron chi connectivity index (χ0n) is 14.2. The molecule has 2 aliphatic rings. The summed E-state index contributed by atoms with van der Waals surface area (Å²) in [6.07, 6.45) is 0.271. The van der Waals surface area contributed by atoms with Crippen molar-refractivity contribution in [3.8, 4) is 5.75 Å². The molecule has 0 aromatic heterocycles. The second-order valence-corrected chi connectivity index (χ2v) is 5.21. The Bertz CT molecular complexity index is 713. The first-order chi connectivity index (χ1) is 11.5. The summed E-state index contributed by atoms with van der Waals surface area (Å²) in [4.78, 5) is 50.8. The molecule has 7 heteroatoms. The fourth-order valence-corrected chi connectivity index (χ4v) is 2.86. The number of likely N-dealkylation sites (tertiary alicyclic amines) is 1. The first-order valence-corrected chi connectivity index (χ1v) is 7.82. The maximum absolute atomic E-state index is 12.6. The number of nitrogens with zero attached hydrogens (tertiary/aromatic N) is 2. The molecule has 4 amide bonds. The fourth-order valence-electron chi connectivity index (χ4n) is 2.86. The van der Waals surface area contributed by atoms with Crippen LogP contribution in [0.3, 0.4) is 0 Å². The third-order valence-corrected chi connectivity index (χ3v) is 4.06. The van der Waals surface area contributed by atoms with Crippen molar-refractivity contribution in [1.29, 1.82) is 0 Å². The summed E-state index contributed by atoms with van der Waals surface area (Å²) < 4.78 is 5.13. The molecule has 2 heterocycles. The van der Waals surface area contributed by atoms with E-state index in [1.807, 2.05) is 13.8 Å². The average molecular weight is 332 g/mol. The quantitative estimate of drug-likeness (QED) is 0.766. The maximum atomic E-state index is 12.6. The Morgan fingerprint density at radius 3 is 2.38 bits per heavy atom. The minimum atomic E-state index is -0.945. The lowest BCUT2D eigenvalue weighted by Crippen LogP contribution is -2.54. The molecule has 1 atom stereocenters. The predicted octanol–water partition coefficient (Wildman–Crippen LogP) is 1.46. The summed E-state index contributed by atoms with van der Waals surface area (Å²) in [5.41, 5.74) is 0.388. The number of amides is 4. The number of piperidine rings is 1. The first-order valence-electron chi connectivity index (χ1n) is 7.82. The molecule has 0 bridgehead atoms. The van der Waals surface area contributed by atoms with Gasteiger partial charge in [0, 0.05) is 13.5 Å². The van der Waals surface area contributed by atoms with Gasteiger partial charge >= 0.3 is 0 Å². The summed E-state index contributed by atoms with van der Waals surface area (Å²) in [5.74, 6) is -1.63. The highest BCUT2D eigenvalue weighted by atomic mass is 16.5. The molecule has 0 N–H and O–H groups in total. The van der Waals surface area contributed by atoms with E-state index in [2.05, 4.69) is 0 Å². The van der Waals surface area contributed by atoms with Gasteiger partial charge in [0.2, 0.25) is 5.91 Å². The molecular weight excluding hydrogens is 312 g/mol. The number of imide groups is 2. The summed E-state index contributed by atoms with van der Waals surface area (Å²) in [6, 6.07) is 3.79. The van der Waals surface area contributed by atoms with Crippen LogP contribution in [0, 0.1) is 0 Å². The third-order valence-electron chi connectivity index (χ3n) is 4.06. The average Bonchev–Trinajstić information content (AvgIpc) is 2.86. The van der Waals surface area contributed by atoms with E-state index in [1.54, 1.807) is 12.1 Å². The molecule has 0 aliphatic carbocycles. The van der Waals surface area contributed by atoms with Gasteiger partial charge in [-0.1, -0.05) is 19.9 Å². The van der Waals surface area contributed by atoms with Crippen LogP contribution in [0.4, 0.5) is 0 Å². The number of ether oxygens (including phenoxy) is 1. The lowest BCUT2D eigenvalue weighted by atomic mass is 10.0. The zero-order chi connectivity index (χ0) is 18.0. The molecule has 24 heavy (non-hydrogen) atoms. The van der Waals surface area contributed by atoms with Gasteiger partial charge in [0.25, 0.3) is 17.7 Å². The highest BCUT2D eigenvalue weighted by Gasteiger charge is 2.47. The summed E-state index contributed by atoms with van der Waals surface area (Å²) in [5, 5.41) is 0. The molecular formula is C17H20N2O5. The summed E-state index contributed by atoms with van der Waals surface area (Å²) in [6.45, 7) is 4.00. The molecule has 0 saturated carbocycles. The van der Waals surface area contributed by atoms with Gasteiger partial charge in [-0.3, -0.25) is 29.0 Å². The van der Waals surface area contributed by atoms with Gasteiger partial charge in [0.1, 0.15) is 11.8 Å². The molecule has 1 aromatic rings. The summed E-state index contributed by atoms with van der Waals surface area (Å²) >= 11 is 0. The molecule has 3 rings (SSSR count). The van der Waals surface area contributed by atoms with Crippen LogP contribution < -0.4 is 4.74 Å². The van der Waals surface area contributed by atoms with E-state index in [0.29, 0.717) is 5.75 Å². The van der Waals surface area contributed by atoms with Crippen molar-refractivity contribution in [1.82, 2.24) is 9.80 Å². The van der Waals surface area contributed by atoms with E-state index < -0.39 is 23.8 Å². The Hall–Kier alpha value is -2.70. The number of carbonyl (C=O) groups excluding carboxylic acids is 4.